The molecule has 0 aliphatic heterocycles. The van der Waals surface area contributed by atoms with Gasteiger partial charge in [0.15, 0.2) is 11.9 Å². The Hall–Kier alpha value is -3.44. The maximum Gasteiger partial charge on any atom is 0.417 e. The minimum absolute atomic E-state index is 0.00250. The number of carbonyl (C=O) groups is 2. The third-order valence-corrected chi connectivity index (χ3v) is 6.27. The summed E-state index contributed by atoms with van der Waals surface area (Å²) < 4.78 is 73.6. The number of pyridine rings is 1. The van der Waals surface area contributed by atoms with Crippen LogP contribution in [0.5, 0.6) is 0 Å². The molecule has 1 aliphatic rings. The summed E-state index contributed by atoms with van der Waals surface area (Å²) >= 11 is 0. The average Bonchev–Trinajstić information content (AvgIpc) is 2.78. The second kappa shape index (κ2) is 10.7. The van der Waals surface area contributed by atoms with Gasteiger partial charge in [0.1, 0.15) is 11.6 Å². The predicted octanol–water partition coefficient (Wildman–Crippen LogP) is 5.97. The maximum atomic E-state index is 13.7. The Labute approximate surface area is 216 Å². The molecule has 0 unspecified atom stereocenters. The smallest absolute Gasteiger partial charge is 0.417 e. The van der Waals surface area contributed by atoms with Crippen molar-refractivity contribution in [1.82, 2.24) is 5.32 Å². The van der Waals surface area contributed by atoms with E-state index in [1.807, 2.05) is 0 Å². The first-order chi connectivity index (χ1) is 17.5. The number of nitrogens with zero attached hydrogens (tertiary/aromatic N) is 1. The molecule has 0 saturated heterocycles. The number of alkyl carbamates (subject to hydrolysis) is 1. The Bertz CT molecular complexity index is 1170. The van der Waals surface area contributed by atoms with Gasteiger partial charge in [0.05, 0.1) is 11.1 Å². The predicted molar refractivity (Wildman–Crippen MR) is 129 cm³/mol. The van der Waals surface area contributed by atoms with Crippen molar-refractivity contribution in [3.63, 3.8) is 0 Å². The first-order valence-electron chi connectivity index (χ1n) is 12.1. The molecule has 1 aromatic carbocycles. The van der Waals surface area contributed by atoms with Crippen molar-refractivity contribution in [3.05, 3.63) is 53.0 Å². The van der Waals surface area contributed by atoms with Gasteiger partial charge in [0, 0.05) is 31.5 Å². The molecule has 0 spiro atoms. The van der Waals surface area contributed by atoms with Crippen molar-refractivity contribution in [2.45, 2.75) is 77.1 Å². The van der Waals surface area contributed by atoms with Gasteiger partial charge in [-0.05, 0) is 57.2 Å². The number of ether oxygens (including phenoxy) is 1. The highest BCUT2D eigenvalue weighted by molar-refractivity contribution is 5.97. The van der Waals surface area contributed by atoms with E-state index in [1.165, 1.54) is 31.2 Å². The molecule has 38 heavy (non-hydrogen) atoms. The summed E-state index contributed by atoms with van der Waals surface area (Å²) in [5.74, 6) is -4.09. The molecule has 1 atom stereocenters. The lowest BCUT2D eigenvalue weighted by Crippen LogP contribution is -2.51. The Balaban J connectivity index is 1.83. The molecule has 2 amide bonds. The van der Waals surface area contributed by atoms with Crippen molar-refractivity contribution in [2.24, 2.45) is 5.92 Å². The van der Waals surface area contributed by atoms with E-state index in [4.69, 9.17) is 4.74 Å². The minimum Gasteiger partial charge on any atom is -0.618 e. The highest BCUT2D eigenvalue weighted by atomic mass is 19.4. The SMILES string of the molecule is Cc1c(-c2ccc(NC(=O)[C@@H](NC(=O)OC(C)(C)C)C3CCC(F)(F)CC3)cc2)c(C(F)(F)F)cc[n+]1[O-]. The summed E-state index contributed by atoms with van der Waals surface area (Å²) in [5, 5.41) is 17.0. The molecule has 3 rings (SSSR count). The van der Waals surface area contributed by atoms with Crippen LogP contribution in [0.25, 0.3) is 11.1 Å². The number of hydrogen-bond donors (Lipinski definition) is 2. The van der Waals surface area contributed by atoms with E-state index in [-0.39, 0.29) is 35.3 Å². The number of carbonyl (C=O) groups excluding carboxylic acids is 2. The molecule has 2 aromatic rings. The molecule has 2 N–H and O–H groups in total. The van der Waals surface area contributed by atoms with Crippen molar-refractivity contribution >= 4 is 17.7 Å². The first kappa shape index (κ1) is 29.1. The van der Waals surface area contributed by atoms with E-state index in [1.54, 1.807) is 20.8 Å². The normalized spacial score (nSPS) is 17.0. The van der Waals surface area contributed by atoms with Crippen LogP contribution in [0, 0.1) is 18.0 Å². The van der Waals surface area contributed by atoms with Gasteiger partial charge in [-0.1, -0.05) is 12.1 Å². The Morgan fingerprint density at radius 2 is 1.66 bits per heavy atom. The number of aromatic nitrogens is 1. The van der Waals surface area contributed by atoms with E-state index >= 15 is 0 Å². The number of rotatable bonds is 5. The number of alkyl halides is 5. The summed E-state index contributed by atoms with van der Waals surface area (Å²) in [6.45, 7) is 6.18. The molecule has 1 fully saturated rings. The van der Waals surface area contributed by atoms with Crippen LogP contribution in [-0.2, 0) is 15.7 Å². The molecule has 1 aliphatic carbocycles. The van der Waals surface area contributed by atoms with Gasteiger partial charge in [-0.2, -0.15) is 17.9 Å². The summed E-state index contributed by atoms with van der Waals surface area (Å²) in [4.78, 5) is 25.5. The zero-order valence-corrected chi connectivity index (χ0v) is 21.4. The van der Waals surface area contributed by atoms with E-state index in [0.717, 1.165) is 6.20 Å². The van der Waals surface area contributed by atoms with E-state index in [2.05, 4.69) is 10.6 Å². The van der Waals surface area contributed by atoms with Crippen LogP contribution in [0.3, 0.4) is 0 Å². The Kier molecular flexibility index (Phi) is 8.23. The number of benzene rings is 1. The Morgan fingerprint density at radius 1 is 1.08 bits per heavy atom. The van der Waals surface area contributed by atoms with Gasteiger partial charge < -0.3 is 20.6 Å². The second-order valence-corrected chi connectivity index (χ2v) is 10.4. The van der Waals surface area contributed by atoms with Crippen molar-refractivity contribution in [2.75, 3.05) is 5.32 Å². The largest absolute Gasteiger partial charge is 0.618 e. The van der Waals surface area contributed by atoms with Crippen LogP contribution in [-0.4, -0.2) is 29.6 Å². The zero-order valence-electron chi connectivity index (χ0n) is 21.4. The number of nitrogens with one attached hydrogen (secondary N) is 2. The molecular formula is C26H30F5N3O4. The first-order valence-corrected chi connectivity index (χ1v) is 12.1. The lowest BCUT2D eigenvalue weighted by Gasteiger charge is -2.33. The molecule has 0 bridgehead atoms. The van der Waals surface area contributed by atoms with E-state index in [0.29, 0.717) is 10.8 Å². The molecule has 208 valence electrons. The van der Waals surface area contributed by atoms with Gasteiger partial charge in [-0.15, -0.1) is 0 Å². The lowest BCUT2D eigenvalue weighted by atomic mass is 9.81. The third kappa shape index (κ3) is 7.32. The molecule has 1 heterocycles. The molecule has 12 heteroatoms. The fourth-order valence-electron chi connectivity index (χ4n) is 4.41. The number of halogens is 5. The van der Waals surface area contributed by atoms with Crippen LogP contribution in [0.4, 0.5) is 32.4 Å². The van der Waals surface area contributed by atoms with Gasteiger partial charge in [-0.25, -0.2) is 13.6 Å². The van der Waals surface area contributed by atoms with Gasteiger partial charge in [0.25, 0.3) is 0 Å². The quantitative estimate of drug-likeness (QED) is 0.276. The van der Waals surface area contributed by atoms with Crippen LogP contribution in [0.15, 0.2) is 36.5 Å². The molecule has 7 nitrogen and oxygen atoms in total. The minimum atomic E-state index is -4.70. The molecule has 1 saturated carbocycles. The van der Waals surface area contributed by atoms with Gasteiger partial charge >= 0.3 is 12.3 Å². The van der Waals surface area contributed by atoms with E-state index < -0.39 is 60.1 Å². The highest BCUT2D eigenvalue weighted by Gasteiger charge is 2.41. The number of amides is 2. The van der Waals surface area contributed by atoms with Crippen LogP contribution < -0.4 is 15.4 Å². The van der Waals surface area contributed by atoms with Crippen molar-refractivity contribution < 1.29 is 41.0 Å². The van der Waals surface area contributed by atoms with Crippen LogP contribution in [0.2, 0.25) is 0 Å². The van der Waals surface area contributed by atoms with Gasteiger partial charge in [-0.3, -0.25) is 4.79 Å². The monoisotopic (exact) mass is 543 g/mol. The molecule has 0 radical (unpaired) electrons. The second-order valence-electron chi connectivity index (χ2n) is 10.4. The zero-order chi connectivity index (χ0) is 28.5. The number of hydrogen-bond acceptors (Lipinski definition) is 4. The average molecular weight is 544 g/mol. The van der Waals surface area contributed by atoms with Crippen LogP contribution >= 0.6 is 0 Å². The summed E-state index contributed by atoms with van der Waals surface area (Å²) in [6.07, 6.45) is -5.64. The molecule has 1 aromatic heterocycles. The summed E-state index contributed by atoms with van der Waals surface area (Å²) in [7, 11) is 0. The topological polar surface area (TPSA) is 94.4 Å². The molecular weight excluding hydrogens is 513 g/mol. The fourth-order valence-corrected chi connectivity index (χ4v) is 4.41. The lowest BCUT2D eigenvalue weighted by molar-refractivity contribution is -0.611. The van der Waals surface area contributed by atoms with Crippen LogP contribution in [0.1, 0.15) is 57.7 Å². The summed E-state index contributed by atoms with van der Waals surface area (Å²) in [6, 6.07) is 4.89. The third-order valence-electron chi connectivity index (χ3n) is 6.27. The maximum absolute atomic E-state index is 13.7. The van der Waals surface area contributed by atoms with Crippen molar-refractivity contribution in [3.8, 4) is 11.1 Å². The standard InChI is InChI=1S/C26H30F5N3O4/c1-15-20(19(26(29,30)31)11-14-34(15)37)16-5-7-18(8-6-16)32-22(35)21(33-23(36)38-24(2,3)4)17-9-12-25(27,28)13-10-17/h5-8,11,14,17,21H,9-10,12-13H2,1-4H3,(H,32,35)(H,33,36)/t21-/m0/s1. The highest BCUT2D eigenvalue weighted by Crippen LogP contribution is 2.39. The fraction of sp³-hybridized carbons (Fsp3) is 0.500. The van der Waals surface area contributed by atoms with E-state index in [9.17, 15) is 36.7 Å². The van der Waals surface area contributed by atoms with Crippen molar-refractivity contribution in [1.29, 1.82) is 0 Å². The number of anilines is 1. The Morgan fingerprint density at radius 3 is 2.18 bits per heavy atom. The summed E-state index contributed by atoms with van der Waals surface area (Å²) in [5.41, 5.74) is -1.96. The van der Waals surface area contributed by atoms with Gasteiger partial charge in [0.2, 0.25) is 11.8 Å².